The molecular formula is C13H16BrN3O3. The van der Waals surface area contributed by atoms with Crippen LogP contribution in [0, 0.1) is 0 Å². The highest BCUT2D eigenvalue weighted by Gasteiger charge is 2.09. The van der Waals surface area contributed by atoms with Crippen molar-refractivity contribution in [3.05, 3.63) is 34.8 Å². The van der Waals surface area contributed by atoms with E-state index in [0.29, 0.717) is 30.3 Å². The molecule has 0 saturated heterocycles. The van der Waals surface area contributed by atoms with Gasteiger partial charge in [0, 0.05) is 10.0 Å². The van der Waals surface area contributed by atoms with Gasteiger partial charge in [0.2, 0.25) is 0 Å². The summed E-state index contributed by atoms with van der Waals surface area (Å²) in [6, 6.07) is 2.78. The summed E-state index contributed by atoms with van der Waals surface area (Å²) in [5, 5.41) is 3.70. The van der Waals surface area contributed by atoms with E-state index in [0.717, 1.165) is 4.47 Å². The Labute approximate surface area is 125 Å². The number of nitrogens with zero attached hydrogens (tertiary/aromatic N) is 1. The zero-order valence-corrected chi connectivity index (χ0v) is 12.6. The van der Waals surface area contributed by atoms with Crippen LogP contribution in [0.15, 0.2) is 34.4 Å². The number of amides is 2. The third-order valence-electron chi connectivity index (χ3n) is 2.10. The molecule has 1 aromatic rings. The summed E-state index contributed by atoms with van der Waals surface area (Å²) in [6.07, 6.45) is 3.10. The van der Waals surface area contributed by atoms with Crippen LogP contribution in [0.5, 0.6) is 11.5 Å². The molecule has 20 heavy (non-hydrogen) atoms. The molecule has 7 heteroatoms. The van der Waals surface area contributed by atoms with Crippen molar-refractivity contribution in [1.82, 2.24) is 5.43 Å². The zero-order chi connectivity index (χ0) is 15.0. The van der Waals surface area contributed by atoms with Crippen molar-refractivity contribution >= 4 is 28.2 Å². The molecule has 0 atom stereocenters. The Kier molecular flexibility index (Phi) is 6.58. The Morgan fingerprint density at radius 2 is 2.20 bits per heavy atom. The van der Waals surface area contributed by atoms with E-state index in [-0.39, 0.29) is 0 Å². The van der Waals surface area contributed by atoms with Crippen molar-refractivity contribution in [3.8, 4) is 11.5 Å². The SMILES string of the molecule is C=CCOc1cc(Br)c(C=NNC(N)=O)cc1OCC. The number of hydrogen-bond acceptors (Lipinski definition) is 4. The largest absolute Gasteiger partial charge is 0.490 e. The predicted octanol–water partition coefficient (Wildman–Crippen LogP) is 2.41. The number of carbonyl (C=O) groups excluding carboxylic acids is 1. The number of hydrogen-bond donors (Lipinski definition) is 2. The smallest absolute Gasteiger partial charge is 0.332 e. The lowest BCUT2D eigenvalue weighted by Crippen LogP contribution is -2.24. The van der Waals surface area contributed by atoms with Crippen LogP contribution in [0.3, 0.4) is 0 Å². The molecular weight excluding hydrogens is 326 g/mol. The van der Waals surface area contributed by atoms with Gasteiger partial charge in [0.25, 0.3) is 0 Å². The molecule has 0 heterocycles. The molecule has 2 amide bonds. The summed E-state index contributed by atoms with van der Waals surface area (Å²) < 4.78 is 11.8. The molecule has 0 unspecified atom stereocenters. The van der Waals surface area contributed by atoms with Gasteiger partial charge in [-0.2, -0.15) is 5.10 Å². The molecule has 0 saturated carbocycles. The van der Waals surface area contributed by atoms with Gasteiger partial charge < -0.3 is 15.2 Å². The fourth-order valence-corrected chi connectivity index (χ4v) is 1.77. The van der Waals surface area contributed by atoms with Crippen LogP contribution in [-0.4, -0.2) is 25.5 Å². The first-order valence-corrected chi connectivity index (χ1v) is 6.66. The minimum atomic E-state index is -0.728. The van der Waals surface area contributed by atoms with E-state index < -0.39 is 6.03 Å². The van der Waals surface area contributed by atoms with Crippen LogP contribution in [0.4, 0.5) is 4.79 Å². The van der Waals surface area contributed by atoms with Crippen LogP contribution in [0.1, 0.15) is 12.5 Å². The van der Waals surface area contributed by atoms with Crippen molar-refractivity contribution in [2.24, 2.45) is 10.8 Å². The lowest BCUT2D eigenvalue weighted by Gasteiger charge is -2.12. The number of hydrazone groups is 1. The van der Waals surface area contributed by atoms with Gasteiger partial charge in [0.1, 0.15) is 6.61 Å². The van der Waals surface area contributed by atoms with Crippen molar-refractivity contribution in [1.29, 1.82) is 0 Å². The van der Waals surface area contributed by atoms with E-state index in [1.165, 1.54) is 6.21 Å². The minimum absolute atomic E-state index is 0.378. The molecule has 0 spiro atoms. The molecule has 6 nitrogen and oxygen atoms in total. The third kappa shape index (κ3) is 4.93. The van der Waals surface area contributed by atoms with Crippen LogP contribution in [-0.2, 0) is 0 Å². The lowest BCUT2D eigenvalue weighted by molar-refractivity contribution is 0.249. The second kappa shape index (κ2) is 8.21. The fourth-order valence-electron chi connectivity index (χ4n) is 1.35. The summed E-state index contributed by atoms with van der Waals surface area (Å²) in [5.74, 6) is 1.18. The van der Waals surface area contributed by atoms with Gasteiger partial charge in [-0.15, -0.1) is 0 Å². The highest BCUT2D eigenvalue weighted by Crippen LogP contribution is 2.33. The van der Waals surface area contributed by atoms with Crippen molar-refractivity contribution < 1.29 is 14.3 Å². The number of halogens is 1. The van der Waals surface area contributed by atoms with Crippen LogP contribution in [0.25, 0.3) is 0 Å². The third-order valence-corrected chi connectivity index (χ3v) is 2.78. The Hall–Kier alpha value is -2.02. The number of urea groups is 1. The second-order valence-electron chi connectivity index (χ2n) is 3.59. The highest BCUT2D eigenvalue weighted by molar-refractivity contribution is 9.10. The van der Waals surface area contributed by atoms with Gasteiger partial charge in [-0.25, -0.2) is 10.2 Å². The normalized spacial score (nSPS) is 10.3. The van der Waals surface area contributed by atoms with E-state index in [1.54, 1.807) is 18.2 Å². The summed E-state index contributed by atoms with van der Waals surface area (Å²) in [4.78, 5) is 10.5. The fraction of sp³-hybridized carbons (Fsp3) is 0.231. The summed E-state index contributed by atoms with van der Waals surface area (Å²) in [7, 11) is 0. The lowest BCUT2D eigenvalue weighted by atomic mass is 10.2. The summed E-state index contributed by atoms with van der Waals surface area (Å²) >= 11 is 3.39. The number of carbonyl (C=O) groups is 1. The molecule has 108 valence electrons. The van der Waals surface area contributed by atoms with Crippen molar-refractivity contribution in [2.45, 2.75) is 6.92 Å². The molecule has 0 aliphatic heterocycles. The molecule has 0 aromatic heterocycles. The zero-order valence-electron chi connectivity index (χ0n) is 11.1. The topological polar surface area (TPSA) is 85.9 Å². The maximum Gasteiger partial charge on any atom is 0.332 e. The van der Waals surface area contributed by atoms with Crippen LogP contribution in [0.2, 0.25) is 0 Å². The quantitative estimate of drug-likeness (QED) is 0.453. The first kappa shape index (κ1) is 16.0. The van der Waals surface area contributed by atoms with Crippen LogP contribution >= 0.6 is 15.9 Å². The van der Waals surface area contributed by atoms with Gasteiger partial charge in [0.15, 0.2) is 11.5 Å². The number of nitrogens with one attached hydrogen (secondary N) is 1. The van der Waals surface area contributed by atoms with Gasteiger partial charge >= 0.3 is 6.03 Å². The van der Waals surface area contributed by atoms with E-state index in [9.17, 15) is 4.79 Å². The Balaban J connectivity index is 3.01. The second-order valence-corrected chi connectivity index (χ2v) is 4.44. The average molecular weight is 342 g/mol. The minimum Gasteiger partial charge on any atom is -0.490 e. The Morgan fingerprint density at radius 1 is 1.50 bits per heavy atom. The van der Waals surface area contributed by atoms with Crippen molar-refractivity contribution in [2.75, 3.05) is 13.2 Å². The van der Waals surface area contributed by atoms with Gasteiger partial charge in [-0.05, 0) is 35.0 Å². The number of nitrogens with two attached hydrogens (primary N) is 1. The predicted molar refractivity (Wildman–Crippen MR) is 81.3 cm³/mol. The Bertz CT molecular complexity index is 518. The summed E-state index contributed by atoms with van der Waals surface area (Å²) in [5.41, 5.74) is 7.76. The van der Waals surface area contributed by atoms with Gasteiger partial charge in [-0.3, -0.25) is 0 Å². The first-order valence-electron chi connectivity index (χ1n) is 5.87. The molecule has 0 radical (unpaired) electrons. The maximum absolute atomic E-state index is 10.5. The Morgan fingerprint density at radius 3 is 2.80 bits per heavy atom. The number of rotatable bonds is 7. The van der Waals surface area contributed by atoms with Crippen molar-refractivity contribution in [3.63, 3.8) is 0 Å². The molecule has 1 rings (SSSR count). The summed E-state index contributed by atoms with van der Waals surface area (Å²) in [6.45, 7) is 6.35. The molecule has 3 N–H and O–H groups in total. The molecule has 0 fully saturated rings. The number of primary amides is 1. The van der Waals surface area contributed by atoms with E-state index in [4.69, 9.17) is 15.2 Å². The average Bonchev–Trinajstić information content (AvgIpc) is 2.40. The maximum atomic E-state index is 10.5. The van der Waals surface area contributed by atoms with Gasteiger partial charge in [-0.1, -0.05) is 12.7 Å². The molecule has 0 aliphatic rings. The standard InChI is InChI=1S/C13H16BrN3O3/c1-3-5-20-12-7-10(14)9(6-11(12)19-4-2)8-16-17-13(15)18/h3,6-8H,1,4-5H2,2H3,(H3,15,17,18). The highest BCUT2D eigenvalue weighted by atomic mass is 79.9. The molecule has 1 aromatic carbocycles. The van der Waals surface area contributed by atoms with Crippen LogP contribution < -0.4 is 20.6 Å². The number of ether oxygens (including phenoxy) is 2. The van der Waals surface area contributed by atoms with E-state index in [1.807, 2.05) is 6.92 Å². The molecule has 0 bridgehead atoms. The number of benzene rings is 1. The monoisotopic (exact) mass is 341 g/mol. The first-order chi connectivity index (χ1) is 9.58. The van der Waals surface area contributed by atoms with E-state index >= 15 is 0 Å². The molecule has 0 aliphatic carbocycles. The van der Waals surface area contributed by atoms with E-state index in [2.05, 4.69) is 33.0 Å². The van der Waals surface area contributed by atoms with Gasteiger partial charge in [0.05, 0.1) is 12.8 Å².